The number of rotatable bonds is 5. The number of aryl methyl sites for hydroxylation is 2. The van der Waals surface area contributed by atoms with E-state index in [-0.39, 0.29) is 12.1 Å². The normalized spacial score (nSPS) is 14.2. The first kappa shape index (κ1) is 17.5. The van der Waals surface area contributed by atoms with Gasteiger partial charge in [-0.15, -0.1) is 0 Å². The van der Waals surface area contributed by atoms with E-state index in [9.17, 15) is 4.79 Å². The van der Waals surface area contributed by atoms with Crippen molar-refractivity contribution in [1.82, 2.24) is 5.32 Å². The quantitative estimate of drug-likeness (QED) is 0.736. The number of carbonyl (C=O) groups is 1. The van der Waals surface area contributed by atoms with Gasteiger partial charge in [-0.25, -0.2) is 4.79 Å². The molecule has 25 heavy (non-hydrogen) atoms. The molecule has 0 spiro atoms. The SMILES string of the molecule is CCC(NC(=O)Nc1ccc2c(c1)CCC2)c1ccc(C(C)C)cc1. The average molecular weight is 336 g/mol. The number of hydrogen-bond donors (Lipinski definition) is 2. The molecule has 2 aromatic carbocycles. The van der Waals surface area contributed by atoms with Gasteiger partial charge >= 0.3 is 6.03 Å². The molecule has 0 bridgehead atoms. The van der Waals surface area contributed by atoms with E-state index in [1.165, 1.54) is 23.1 Å². The maximum absolute atomic E-state index is 12.4. The standard InChI is InChI=1S/C22H28N2O/c1-4-21(18-10-8-16(9-11-18)15(2)3)24-22(25)23-20-13-12-17-6-5-7-19(17)14-20/h8-15,21H,4-7H2,1-3H3,(H2,23,24,25). The molecular weight excluding hydrogens is 308 g/mol. The van der Waals surface area contributed by atoms with Crippen LogP contribution >= 0.6 is 0 Å². The highest BCUT2D eigenvalue weighted by Gasteiger charge is 2.15. The van der Waals surface area contributed by atoms with Crippen molar-refractivity contribution < 1.29 is 4.79 Å². The van der Waals surface area contributed by atoms with Crippen molar-refractivity contribution in [3.63, 3.8) is 0 Å². The lowest BCUT2D eigenvalue weighted by Gasteiger charge is -2.19. The summed E-state index contributed by atoms with van der Waals surface area (Å²) in [5.41, 5.74) is 6.14. The molecule has 1 atom stereocenters. The predicted molar refractivity (Wildman–Crippen MR) is 104 cm³/mol. The fraction of sp³-hybridized carbons (Fsp3) is 0.409. The second-order valence-corrected chi connectivity index (χ2v) is 7.22. The van der Waals surface area contributed by atoms with Crippen molar-refractivity contribution in [1.29, 1.82) is 0 Å². The summed E-state index contributed by atoms with van der Waals surface area (Å²) in [4.78, 5) is 12.4. The first-order valence-electron chi connectivity index (χ1n) is 9.36. The Morgan fingerprint density at radius 3 is 2.36 bits per heavy atom. The molecule has 0 heterocycles. The Morgan fingerprint density at radius 1 is 1.00 bits per heavy atom. The van der Waals surface area contributed by atoms with Crippen LogP contribution in [0.1, 0.15) is 67.8 Å². The van der Waals surface area contributed by atoms with Gasteiger partial charge in [-0.1, -0.05) is 51.1 Å². The van der Waals surface area contributed by atoms with Crippen LogP contribution in [0.15, 0.2) is 42.5 Å². The minimum Gasteiger partial charge on any atom is -0.331 e. The van der Waals surface area contributed by atoms with Gasteiger partial charge in [-0.05, 0) is 66.0 Å². The lowest BCUT2D eigenvalue weighted by molar-refractivity contribution is 0.248. The summed E-state index contributed by atoms with van der Waals surface area (Å²) in [6, 6.07) is 14.7. The van der Waals surface area contributed by atoms with Crippen LogP contribution in [0.3, 0.4) is 0 Å². The molecule has 2 N–H and O–H groups in total. The number of anilines is 1. The van der Waals surface area contributed by atoms with Crippen LogP contribution in [0.25, 0.3) is 0 Å². The molecule has 2 aromatic rings. The summed E-state index contributed by atoms with van der Waals surface area (Å²) in [5, 5.41) is 6.08. The number of benzene rings is 2. The number of nitrogens with one attached hydrogen (secondary N) is 2. The zero-order valence-corrected chi connectivity index (χ0v) is 15.4. The van der Waals surface area contributed by atoms with E-state index < -0.39 is 0 Å². The van der Waals surface area contributed by atoms with Crippen molar-refractivity contribution >= 4 is 11.7 Å². The Morgan fingerprint density at radius 2 is 1.68 bits per heavy atom. The van der Waals surface area contributed by atoms with E-state index in [4.69, 9.17) is 0 Å². The smallest absolute Gasteiger partial charge is 0.319 e. The number of amides is 2. The molecule has 0 saturated heterocycles. The highest BCUT2D eigenvalue weighted by Crippen LogP contribution is 2.25. The van der Waals surface area contributed by atoms with E-state index in [2.05, 4.69) is 67.8 Å². The lowest BCUT2D eigenvalue weighted by atomic mass is 9.98. The first-order valence-corrected chi connectivity index (χ1v) is 9.36. The van der Waals surface area contributed by atoms with Gasteiger partial charge in [0, 0.05) is 5.69 Å². The van der Waals surface area contributed by atoms with E-state index in [0.717, 1.165) is 30.5 Å². The molecule has 1 aliphatic carbocycles. The zero-order valence-electron chi connectivity index (χ0n) is 15.4. The van der Waals surface area contributed by atoms with E-state index in [1.807, 2.05) is 6.07 Å². The van der Waals surface area contributed by atoms with Crippen LogP contribution in [-0.2, 0) is 12.8 Å². The van der Waals surface area contributed by atoms with E-state index >= 15 is 0 Å². The van der Waals surface area contributed by atoms with Gasteiger partial charge < -0.3 is 10.6 Å². The largest absolute Gasteiger partial charge is 0.331 e. The molecule has 0 saturated carbocycles. The number of hydrogen-bond acceptors (Lipinski definition) is 1. The lowest BCUT2D eigenvalue weighted by Crippen LogP contribution is -2.32. The zero-order chi connectivity index (χ0) is 17.8. The van der Waals surface area contributed by atoms with Gasteiger partial charge in [0.25, 0.3) is 0 Å². The second-order valence-electron chi connectivity index (χ2n) is 7.22. The monoisotopic (exact) mass is 336 g/mol. The van der Waals surface area contributed by atoms with Gasteiger partial charge in [-0.3, -0.25) is 0 Å². The Hall–Kier alpha value is -2.29. The summed E-state index contributed by atoms with van der Waals surface area (Å²) in [7, 11) is 0. The molecule has 1 aliphatic rings. The molecule has 1 unspecified atom stereocenters. The van der Waals surface area contributed by atoms with E-state index in [1.54, 1.807) is 0 Å². The third kappa shape index (κ3) is 4.22. The molecule has 132 valence electrons. The maximum Gasteiger partial charge on any atom is 0.319 e. The minimum atomic E-state index is -0.141. The maximum atomic E-state index is 12.4. The third-order valence-corrected chi connectivity index (χ3v) is 5.08. The number of urea groups is 1. The van der Waals surface area contributed by atoms with Crippen LogP contribution in [0.4, 0.5) is 10.5 Å². The van der Waals surface area contributed by atoms with Gasteiger partial charge in [-0.2, -0.15) is 0 Å². The van der Waals surface area contributed by atoms with Gasteiger partial charge in [0.15, 0.2) is 0 Å². The first-order chi connectivity index (χ1) is 12.1. The molecule has 0 aliphatic heterocycles. The van der Waals surface area contributed by atoms with Crippen molar-refractivity contribution in [2.24, 2.45) is 0 Å². The number of carbonyl (C=O) groups excluding carboxylic acids is 1. The van der Waals surface area contributed by atoms with Crippen LogP contribution in [0, 0.1) is 0 Å². The molecule has 0 radical (unpaired) electrons. The van der Waals surface area contributed by atoms with Gasteiger partial charge in [0.1, 0.15) is 0 Å². The average Bonchev–Trinajstić information content (AvgIpc) is 3.07. The van der Waals surface area contributed by atoms with Crippen LogP contribution in [0.5, 0.6) is 0 Å². The molecule has 3 nitrogen and oxygen atoms in total. The summed E-state index contributed by atoms with van der Waals surface area (Å²) < 4.78 is 0. The summed E-state index contributed by atoms with van der Waals surface area (Å²) in [6.45, 7) is 6.47. The predicted octanol–water partition coefficient (Wildman–Crippen LogP) is 5.57. The fourth-order valence-electron chi connectivity index (χ4n) is 3.51. The van der Waals surface area contributed by atoms with E-state index in [0.29, 0.717) is 5.92 Å². The Kier molecular flexibility index (Phi) is 5.42. The molecule has 0 aromatic heterocycles. The van der Waals surface area contributed by atoms with Crippen LogP contribution < -0.4 is 10.6 Å². The number of fused-ring (bicyclic) bond motifs is 1. The third-order valence-electron chi connectivity index (χ3n) is 5.08. The molecule has 2 amide bonds. The van der Waals surface area contributed by atoms with Crippen molar-refractivity contribution in [2.75, 3.05) is 5.32 Å². The highest BCUT2D eigenvalue weighted by atomic mass is 16.2. The molecular formula is C22H28N2O. The topological polar surface area (TPSA) is 41.1 Å². The van der Waals surface area contributed by atoms with Crippen molar-refractivity contribution in [3.8, 4) is 0 Å². The van der Waals surface area contributed by atoms with Gasteiger partial charge in [0.05, 0.1) is 6.04 Å². The Balaban J connectivity index is 1.64. The van der Waals surface area contributed by atoms with Gasteiger partial charge in [0.2, 0.25) is 0 Å². The fourth-order valence-corrected chi connectivity index (χ4v) is 3.51. The van der Waals surface area contributed by atoms with Crippen molar-refractivity contribution in [3.05, 3.63) is 64.7 Å². The highest BCUT2D eigenvalue weighted by molar-refractivity contribution is 5.89. The summed E-state index contributed by atoms with van der Waals surface area (Å²) >= 11 is 0. The van der Waals surface area contributed by atoms with Crippen LogP contribution in [0.2, 0.25) is 0 Å². The minimum absolute atomic E-state index is 0.0237. The summed E-state index contributed by atoms with van der Waals surface area (Å²) in [6.07, 6.45) is 4.35. The van der Waals surface area contributed by atoms with Crippen LogP contribution in [-0.4, -0.2) is 6.03 Å². The second kappa shape index (κ2) is 7.73. The Labute approximate surface area is 150 Å². The Bertz CT molecular complexity index is 734. The molecule has 0 fully saturated rings. The molecule has 3 heteroatoms. The summed E-state index contributed by atoms with van der Waals surface area (Å²) in [5.74, 6) is 0.519. The molecule has 3 rings (SSSR count). The van der Waals surface area contributed by atoms with Crippen molar-refractivity contribution in [2.45, 2.75) is 58.4 Å².